The number of rotatable bonds is 2. The Kier molecular flexibility index (Phi) is 2.44. The van der Waals surface area contributed by atoms with Crippen LogP contribution in [0, 0.1) is 0 Å². The van der Waals surface area contributed by atoms with Crippen LogP contribution >= 0.6 is 0 Å². The number of pyridine rings is 1. The maximum absolute atomic E-state index is 5.65. The number of hydrogen-bond donors (Lipinski definition) is 1. The molecule has 2 N–H and O–H groups in total. The van der Waals surface area contributed by atoms with Crippen molar-refractivity contribution in [3.8, 4) is 5.75 Å². The second kappa shape index (κ2) is 3.34. The summed E-state index contributed by atoms with van der Waals surface area (Å²) in [5.41, 5.74) is 6.45. The van der Waals surface area contributed by atoms with E-state index < -0.39 is 0 Å². The van der Waals surface area contributed by atoms with E-state index in [-0.39, 0.29) is 6.04 Å². The first-order valence-corrected chi connectivity index (χ1v) is 3.50. The third-order valence-electron chi connectivity index (χ3n) is 1.45. The van der Waals surface area contributed by atoms with Crippen LogP contribution in [0.5, 0.6) is 5.75 Å². The van der Waals surface area contributed by atoms with Crippen LogP contribution in [0.2, 0.25) is 0 Å². The van der Waals surface area contributed by atoms with Crippen molar-refractivity contribution >= 4 is 0 Å². The molecule has 3 heteroatoms. The third kappa shape index (κ3) is 1.68. The normalized spacial score (nSPS) is 12.6. The van der Waals surface area contributed by atoms with E-state index in [1.54, 1.807) is 13.3 Å². The van der Waals surface area contributed by atoms with Crippen LogP contribution in [0.25, 0.3) is 0 Å². The van der Waals surface area contributed by atoms with Gasteiger partial charge in [-0.05, 0) is 19.1 Å². The minimum Gasteiger partial charge on any atom is -0.495 e. The summed E-state index contributed by atoms with van der Waals surface area (Å²) in [7, 11) is 1.61. The lowest BCUT2D eigenvalue weighted by molar-refractivity contribution is 0.403. The van der Waals surface area contributed by atoms with Crippen LogP contribution in [0.1, 0.15) is 18.7 Å². The van der Waals surface area contributed by atoms with E-state index >= 15 is 0 Å². The first-order valence-electron chi connectivity index (χ1n) is 3.50. The van der Waals surface area contributed by atoms with E-state index in [2.05, 4.69) is 4.98 Å². The van der Waals surface area contributed by atoms with Gasteiger partial charge in [-0.25, -0.2) is 0 Å². The maximum Gasteiger partial charge on any atom is 0.141 e. The van der Waals surface area contributed by atoms with Crippen molar-refractivity contribution in [1.29, 1.82) is 0 Å². The zero-order valence-corrected chi connectivity index (χ0v) is 6.74. The SMILES string of the molecule is COc1cccnc1[C@H](C)N. The van der Waals surface area contributed by atoms with E-state index in [0.29, 0.717) is 0 Å². The van der Waals surface area contributed by atoms with Gasteiger partial charge in [0.2, 0.25) is 0 Å². The summed E-state index contributed by atoms with van der Waals surface area (Å²) in [6, 6.07) is 3.60. The highest BCUT2D eigenvalue weighted by Gasteiger charge is 2.06. The summed E-state index contributed by atoms with van der Waals surface area (Å²) in [5, 5.41) is 0. The molecule has 0 aliphatic rings. The third-order valence-corrected chi connectivity index (χ3v) is 1.45. The second-order valence-electron chi connectivity index (χ2n) is 2.38. The molecule has 1 rings (SSSR count). The largest absolute Gasteiger partial charge is 0.495 e. The Hall–Kier alpha value is -1.09. The number of methoxy groups -OCH3 is 1. The van der Waals surface area contributed by atoms with Crippen LogP contribution in [0.15, 0.2) is 18.3 Å². The van der Waals surface area contributed by atoms with Gasteiger partial charge < -0.3 is 10.5 Å². The Labute approximate surface area is 66.2 Å². The van der Waals surface area contributed by atoms with Crippen molar-refractivity contribution in [2.24, 2.45) is 5.73 Å². The maximum atomic E-state index is 5.65. The number of aromatic nitrogens is 1. The molecule has 1 aromatic rings. The summed E-state index contributed by atoms with van der Waals surface area (Å²) < 4.78 is 5.06. The van der Waals surface area contributed by atoms with Crippen LogP contribution in [-0.2, 0) is 0 Å². The van der Waals surface area contributed by atoms with E-state index in [9.17, 15) is 0 Å². The summed E-state index contributed by atoms with van der Waals surface area (Å²) >= 11 is 0. The minimum atomic E-state index is -0.0776. The van der Waals surface area contributed by atoms with Crippen LogP contribution in [0.3, 0.4) is 0 Å². The highest BCUT2D eigenvalue weighted by atomic mass is 16.5. The van der Waals surface area contributed by atoms with Gasteiger partial charge in [-0.2, -0.15) is 0 Å². The predicted octanol–water partition coefficient (Wildman–Crippen LogP) is 1.11. The summed E-state index contributed by atoms with van der Waals surface area (Å²) in [6.45, 7) is 1.88. The van der Waals surface area contributed by atoms with E-state index in [0.717, 1.165) is 11.4 Å². The summed E-state index contributed by atoms with van der Waals surface area (Å²) in [6.07, 6.45) is 1.71. The number of ether oxygens (including phenoxy) is 1. The molecule has 0 amide bonds. The Morgan fingerprint density at radius 3 is 2.82 bits per heavy atom. The molecule has 0 bridgehead atoms. The monoisotopic (exact) mass is 152 g/mol. The van der Waals surface area contributed by atoms with Crippen molar-refractivity contribution in [1.82, 2.24) is 4.98 Å². The number of nitrogens with two attached hydrogens (primary N) is 1. The first kappa shape index (κ1) is 8.01. The average Bonchev–Trinajstić information content (AvgIpc) is 2.04. The Morgan fingerprint density at radius 2 is 2.36 bits per heavy atom. The molecule has 1 atom stereocenters. The molecule has 3 nitrogen and oxygen atoms in total. The van der Waals surface area contributed by atoms with E-state index in [4.69, 9.17) is 10.5 Å². The van der Waals surface area contributed by atoms with Gasteiger partial charge in [0, 0.05) is 12.2 Å². The van der Waals surface area contributed by atoms with Crippen molar-refractivity contribution in [2.45, 2.75) is 13.0 Å². The Morgan fingerprint density at radius 1 is 1.64 bits per heavy atom. The highest BCUT2D eigenvalue weighted by molar-refractivity contribution is 5.28. The molecular weight excluding hydrogens is 140 g/mol. The Balaban J connectivity index is 3.02. The van der Waals surface area contributed by atoms with Gasteiger partial charge in [0.25, 0.3) is 0 Å². The van der Waals surface area contributed by atoms with Crippen molar-refractivity contribution in [2.75, 3.05) is 7.11 Å². The van der Waals surface area contributed by atoms with Gasteiger partial charge in [-0.1, -0.05) is 0 Å². The average molecular weight is 152 g/mol. The molecule has 11 heavy (non-hydrogen) atoms. The summed E-state index contributed by atoms with van der Waals surface area (Å²) in [5.74, 6) is 0.752. The van der Waals surface area contributed by atoms with Crippen LogP contribution < -0.4 is 10.5 Å². The molecule has 0 spiro atoms. The fraction of sp³-hybridized carbons (Fsp3) is 0.375. The van der Waals surface area contributed by atoms with Gasteiger partial charge in [0.1, 0.15) is 5.75 Å². The molecule has 1 aromatic heterocycles. The van der Waals surface area contributed by atoms with Gasteiger partial charge in [0.15, 0.2) is 0 Å². The zero-order chi connectivity index (χ0) is 8.27. The fourth-order valence-electron chi connectivity index (χ4n) is 0.917. The first-order chi connectivity index (χ1) is 5.25. The smallest absolute Gasteiger partial charge is 0.141 e. The summed E-state index contributed by atoms with van der Waals surface area (Å²) in [4.78, 5) is 4.10. The van der Waals surface area contributed by atoms with E-state index in [1.807, 2.05) is 19.1 Å². The molecular formula is C8H12N2O. The molecule has 0 unspecified atom stereocenters. The lowest BCUT2D eigenvalue weighted by Crippen LogP contribution is -2.08. The number of hydrogen-bond acceptors (Lipinski definition) is 3. The van der Waals surface area contributed by atoms with Crippen LogP contribution in [0.4, 0.5) is 0 Å². The molecule has 0 fully saturated rings. The molecule has 0 aliphatic carbocycles. The van der Waals surface area contributed by atoms with Gasteiger partial charge in [-0.3, -0.25) is 4.98 Å². The predicted molar refractivity (Wildman–Crippen MR) is 43.4 cm³/mol. The quantitative estimate of drug-likeness (QED) is 0.690. The molecule has 0 saturated carbocycles. The van der Waals surface area contributed by atoms with E-state index in [1.165, 1.54) is 0 Å². The molecule has 0 saturated heterocycles. The fourth-order valence-corrected chi connectivity index (χ4v) is 0.917. The lowest BCUT2D eigenvalue weighted by Gasteiger charge is -2.08. The van der Waals surface area contributed by atoms with Gasteiger partial charge in [-0.15, -0.1) is 0 Å². The number of nitrogens with zero attached hydrogens (tertiary/aromatic N) is 1. The molecule has 0 aliphatic heterocycles. The minimum absolute atomic E-state index is 0.0776. The van der Waals surface area contributed by atoms with Crippen molar-refractivity contribution in [3.63, 3.8) is 0 Å². The Bertz CT molecular complexity index is 235. The second-order valence-corrected chi connectivity index (χ2v) is 2.38. The standard InChI is InChI=1S/C8H12N2O/c1-6(9)8-7(11-2)4-3-5-10-8/h3-6H,9H2,1-2H3/t6-/m0/s1. The molecule has 1 heterocycles. The molecule has 0 aromatic carbocycles. The lowest BCUT2D eigenvalue weighted by atomic mass is 10.2. The van der Waals surface area contributed by atoms with Crippen molar-refractivity contribution in [3.05, 3.63) is 24.0 Å². The van der Waals surface area contributed by atoms with Gasteiger partial charge >= 0.3 is 0 Å². The highest BCUT2D eigenvalue weighted by Crippen LogP contribution is 2.19. The molecule has 60 valence electrons. The molecule has 0 radical (unpaired) electrons. The van der Waals surface area contributed by atoms with Crippen LogP contribution in [-0.4, -0.2) is 12.1 Å². The topological polar surface area (TPSA) is 48.1 Å². The van der Waals surface area contributed by atoms with Gasteiger partial charge in [0.05, 0.1) is 12.8 Å². The van der Waals surface area contributed by atoms with Crippen molar-refractivity contribution < 1.29 is 4.74 Å². The zero-order valence-electron chi connectivity index (χ0n) is 6.74.